The Balaban J connectivity index is 0.000000398. The van der Waals surface area contributed by atoms with Crippen LogP contribution in [-0.4, -0.2) is 7.25 Å². The van der Waals surface area contributed by atoms with Gasteiger partial charge in [-0.05, 0) is 36.4 Å². The highest BCUT2D eigenvalue weighted by molar-refractivity contribution is 9.10. The second-order valence-corrected chi connectivity index (χ2v) is 8.73. The number of hydrogen-bond acceptors (Lipinski definition) is 2. The van der Waals surface area contributed by atoms with Gasteiger partial charge >= 0.3 is 7.25 Å². The van der Waals surface area contributed by atoms with Crippen LogP contribution in [0.15, 0.2) is 92.2 Å². The average molecular weight is 526 g/mol. The number of hydrogen-bond donors (Lipinski definition) is 0. The van der Waals surface area contributed by atoms with E-state index in [4.69, 9.17) is 8.83 Å². The molecule has 0 spiro atoms. The van der Waals surface area contributed by atoms with Crippen LogP contribution in [0, 0.1) is 0 Å². The molecule has 0 atom stereocenters. The van der Waals surface area contributed by atoms with Crippen LogP contribution in [0.25, 0.3) is 61.0 Å². The first-order chi connectivity index (χ1) is 16.3. The molecule has 0 amide bonds. The molecule has 9 heteroatoms. The van der Waals surface area contributed by atoms with Crippen LogP contribution in [0.4, 0.5) is 17.3 Å². The fourth-order valence-electron chi connectivity index (χ4n) is 4.62. The van der Waals surface area contributed by atoms with Crippen LogP contribution in [-0.2, 0) is 0 Å². The lowest BCUT2D eigenvalue weighted by molar-refractivity contribution is -0.537. The van der Waals surface area contributed by atoms with Crippen molar-refractivity contribution >= 4 is 67.3 Å². The van der Waals surface area contributed by atoms with Gasteiger partial charge in [0.15, 0.2) is 0 Å². The van der Waals surface area contributed by atoms with E-state index in [2.05, 4.69) is 69.0 Å². The lowest BCUT2D eigenvalue weighted by Crippen LogP contribution is -2.33. The van der Waals surface area contributed by atoms with Gasteiger partial charge in [-0.2, -0.15) is 4.57 Å². The molecule has 0 saturated heterocycles. The van der Waals surface area contributed by atoms with E-state index in [-0.39, 0.29) is 0 Å². The van der Waals surface area contributed by atoms with Gasteiger partial charge in [0.25, 0.3) is 0 Å². The van der Waals surface area contributed by atoms with Crippen molar-refractivity contribution in [1.29, 1.82) is 0 Å². The van der Waals surface area contributed by atoms with E-state index in [1.165, 1.54) is 5.56 Å². The molecular weight excluding hydrogens is 513 g/mol. The lowest BCUT2D eigenvalue weighted by Gasteiger charge is -2.18. The molecule has 2 aliphatic rings. The third-order valence-electron chi connectivity index (χ3n) is 5.75. The quantitative estimate of drug-likeness (QED) is 0.0708. The molecule has 34 heavy (non-hydrogen) atoms. The zero-order valence-corrected chi connectivity index (χ0v) is 18.8. The van der Waals surface area contributed by atoms with Gasteiger partial charge in [0, 0.05) is 34.3 Å². The van der Waals surface area contributed by atoms with Crippen LogP contribution in [0.1, 0.15) is 0 Å². The minimum absolute atomic E-state index is 0.847. The molecule has 168 valence electrons. The Kier molecular flexibility index (Phi) is 4.61. The van der Waals surface area contributed by atoms with E-state index in [0.29, 0.717) is 0 Å². The predicted molar refractivity (Wildman–Crippen MR) is 128 cm³/mol. The van der Waals surface area contributed by atoms with E-state index >= 15 is 0 Å². The Morgan fingerprint density at radius 2 is 1.03 bits per heavy atom. The summed E-state index contributed by atoms with van der Waals surface area (Å²) in [6.07, 6.45) is 0. The van der Waals surface area contributed by atoms with Gasteiger partial charge in [-0.25, -0.2) is 0 Å². The zero-order valence-electron chi connectivity index (χ0n) is 17.2. The summed E-state index contributed by atoms with van der Waals surface area (Å²) in [6.45, 7) is 0. The fraction of sp³-hybridized carbons (Fsp3) is 0. The van der Waals surface area contributed by atoms with Crippen LogP contribution in [0.3, 0.4) is 0 Å². The van der Waals surface area contributed by atoms with Crippen LogP contribution in [0.5, 0.6) is 0 Å². The van der Waals surface area contributed by atoms with Crippen molar-refractivity contribution in [2.75, 3.05) is 0 Å². The number of rotatable bonds is 1. The van der Waals surface area contributed by atoms with Crippen LogP contribution in [0.2, 0.25) is 0 Å². The summed E-state index contributed by atoms with van der Waals surface area (Å²) in [7, 11) is -6.00. The Labute approximate surface area is 198 Å². The average Bonchev–Trinajstić information content (AvgIpc) is 2.79. The molecule has 4 aromatic carbocycles. The molecule has 0 unspecified atom stereocenters. The maximum absolute atomic E-state index is 9.75. The second-order valence-electron chi connectivity index (χ2n) is 7.82. The summed E-state index contributed by atoms with van der Waals surface area (Å²) in [5.74, 6) is 0. The molecule has 3 nitrogen and oxygen atoms in total. The minimum atomic E-state index is -6.00. The van der Waals surface area contributed by atoms with Crippen LogP contribution >= 0.6 is 15.9 Å². The van der Waals surface area contributed by atoms with Crippen LogP contribution < -0.4 is 4.57 Å². The fourth-order valence-corrected chi connectivity index (χ4v) is 4.89. The van der Waals surface area contributed by atoms with E-state index < -0.39 is 7.25 Å². The summed E-state index contributed by atoms with van der Waals surface area (Å²) < 4.78 is 55.0. The van der Waals surface area contributed by atoms with Crippen molar-refractivity contribution in [3.8, 4) is 16.8 Å². The number of benzene rings is 4. The van der Waals surface area contributed by atoms with Gasteiger partial charge in [-0.1, -0.05) is 34.1 Å². The second kappa shape index (κ2) is 7.46. The monoisotopic (exact) mass is 525 g/mol. The highest BCUT2D eigenvalue weighted by atomic mass is 79.9. The summed E-state index contributed by atoms with van der Waals surface area (Å²) in [5.41, 5.74) is 9.04. The number of pyridine rings is 1. The van der Waals surface area contributed by atoms with Gasteiger partial charge < -0.3 is 26.1 Å². The van der Waals surface area contributed by atoms with Crippen molar-refractivity contribution in [1.82, 2.24) is 0 Å². The van der Waals surface area contributed by atoms with Crippen molar-refractivity contribution in [3.63, 3.8) is 0 Å². The topological polar surface area (TPSA) is 30.2 Å². The molecule has 0 saturated carbocycles. The number of halogens is 5. The summed E-state index contributed by atoms with van der Waals surface area (Å²) >= 11 is 3.55. The Hall–Kier alpha value is -3.59. The van der Waals surface area contributed by atoms with Crippen molar-refractivity contribution in [3.05, 3.63) is 83.3 Å². The molecule has 0 N–H and O–H groups in total. The highest BCUT2D eigenvalue weighted by Gasteiger charge is 2.31. The minimum Gasteiger partial charge on any atom is -0.456 e. The third-order valence-corrected chi connectivity index (χ3v) is 6.28. The van der Waals surface area contributed by atoms with Gasteiger partial charge in [-0.3, -0.25) is 0 Å². The highest BCUT2D eigenvalue weighted by Crippen LogP contribution is 2.47. The van der Waals surface area contributed by atoms with Gasteiger partial charge in [0.2, 0.25) is 16.7 Å². The third kappa shape index (κ3) is 3.30. The van der Waals surface area contributed by atoms with Crippen molar-refractivity contribution in [2.45, 2.75) is 0 Å². The summed E-state index contributed by atoms with van der Waals surface area (Å²) in [6, 6.07) is 26.9. The molecule has 0 radical (unpaired) electrons. The number of aromatic nitrogens is 1. The molecule has 7 rings (SSSR count). The Bertz CT molecular complexity index is 1670. The normalized spacial score (nSPS) is 12.3. The smallest absolute Gasteiger partial charge is 0.456 e. The van der Waals surface area contributed by atoms with E-state index in [9.17, 15) is 17.3 Å². The maximum Gasteiger partial charge on any atom is 0.673 e. The van der Waals surface area contributed by atoms with Gasteiger partial charge in [0.1, 0.15) is 22.3 Å². The van der Waals surface area contributed by atoms with E-state index in [0.717, 1.165) is 59.9 Å². The lowest BCUT2D eigenvalue weighted by atomic mass is 9.92. The first-order valence-electron chi connectivity index (χ1n) is 10.4. The van der Waals surface area contributed by atoms with Gasteiger partial charge in [-0.15, -0.1) is 0 Å². The predicted octanol–water partition coefficient (Wildman–Crippen LogP) is 8.37. The molecule has 2 aliphatic heterocycles. The van der Waals surface area contributed by atoms with E-state index in [1.54, 1.807) is 0 Å². The number of nitrogens with zero attached hydrogens (tertiary/aromatic N) is 1. The SMILES string of the molecule is Brc1ccc(-[n+]2c3cccc4oc5cccc6oc7cccc2c7c(c43)-c56)cc1.F[B-](F)(F)F. The molecule has 0 bridgehead atoms. The van der Waals surface area contributed by atoms with Gasteiger partial charge in [0.05, 0.1) is 16.3 Å². The molecule has 0 fully saturated rings. The Morgan fingerprint density at radius 3 is 1.53 bits per heavy atom. The van der Waals surface area contributed by atoms with E-state index in [1.807, 2.05) is 30.3 Å². The molecule has 0 aliphatic carbocycles. The summed E-state index contributed by atoms with van der Waals surface area (Å²) in [4.78, 5) is 0. The zero-order chi connectivity index (χ0) is 23.6. The first kappa shape index (κ1) is 21.0. The van der Waals surface area contributed by atoms with Crippen molar-refractivity contribution in [2.24, 2.45) is 0 Å². The first-order valence-corrected chi connectivity index (χ1v) is 11.1. The molecule has 1 aromatic heterocycles. The molecular formula is C25H13BBrF4NO2. The molecule has 3 heterocycles. The Morgan fingerprint density at radius 1 is 0.588 bits per heavy atom. The summed E-state index contributed by atoms with van der Waals surface area (Å²) in [5, 5.41) is 2.25. The molecule has 5 aromatic rings. The van der Waals surface area contributed by atoms with Crippen molar-refractivity contribution < 1.29 is 30.7 Å². The maximum atomic E-state index is 9.75. The standard InChI is InChI=1S/C25H13BrNO2.BF4/c26-14-10-12-15(13-11-14)27-16-4-1-6-18-22(16)25-23-17(27)5-2-7-19(23)29-21-9-3-8-20(28-18)24(21)25;2-1(3,4)5/h1-13H;/q+1;-1. The largest absolute Gasteiger partial charge is 0.673 e.